The second-order valence-corrected chi connectivity index (χ2v) is 5.55. The van der Waals surface area contributed by atoms with E-state index in [1.54, 1.807) is 0 Å². The molecule has 3 nitrogen and oxygen atoms in total. The molecule has 1 saturated heterocycles. The fourth-order valence-corrected chi connectivity index (χ4v) is 2.57. The molecule has 1 aliphatic heterocycles. The van der Waals surface area contributed by atoms with Gasteiger partial charge in [0.25, 0.3) is 0 Å². The topological polar surface area (TPSA) is 27.7 Å². The van der Waals surface area contributed by atoms with E-state index in [0.717, 1.165) is 37.4 Å². The van der Waals surface area contributed by atoms with Crippen molar-refractivity contribution in [3.63, 3.8) is 0 Å². The zero-order valence-corrected chi connectivity index (χ0v) is 13.0. The van der Waals surface area contributed by atoms with Crippen LogP contribution in [0, 0.1) is 6.92 Å². The van der Waals surface area contributed by atoms with Crippen LogP contribution in [0.4, 0.5) is 0 Å². The zero-order valence-electron chi connectivity index (χ0n) is 13.0. The molecule has 1 heterocycles. The van der Waals surface area contributed by atoms with E-state index in [4.69, 9.17) is 14.2 Å². The summed E-state index contributed by atoms with van der Waals surface area (Å²) >= 11 is 0. The molecule has 2 aromatic rings. The number of ether oxygens (including phenoxy) is 3. The standard InChI is InChI=1S/C19H22O3/c1-15-8-9-18(17(14-15)19-21-11-5-12-22-19)20-13-10-16-6-3-2-4-7-16/h2-4,6-9,14,19H,5,10-13H2,1H3. The van der Waals surface area contributed by atoms with Gasteiger partial charge in [0.15, 0.2) is 6.29 Å². The van der Waals surface area contributed by atoms with E-state index in [2.05, 4.69) is 43.3 Å². The SMILES string of the molecule is Cc1ccc(OCCc2ccccc2)c(C2OCCCO2)c1. The van der Waals surface area contributed by atoms with Gasteiger partial charge in [-0.15, -0.1) is 0 Å². The van der Waals surface area contributed by atoms with Crippen LogP contribution < -0.4 is 4.74 Å². The molecule has 0 aliphatic carbocycles. The first-order valence-electron chi connectivity index (χ1n) is 7.83. The van der Waals surface area contributed by atoms with Crippen LogP contribution in [-0.4, -0.2) is 19.8 Å². The van der Waals surface area contributed by atoms with Crippen LogP contribution in [0.1, 0.15) is 29.4 Å². The molecule has 0 aromatic heterocycles. The van der Waals surface area contributed by atoms with E-state index < -0.39 is 0 Å². The summed E-state index contributed by atoms with van der Waals surface area (Å²) in [5, 5.41) is 0. The molecule has 0 spiro atoms. The van der Waals surface area contributed by atoms with Gasteiger partial charge in [-0.25, -0.2) is 0 Å². The lowest BCUT2D eigenvalue weighted by atomic mass is 10.1. The molecule has 22 heavy (non-hydrogen) atoms. The van der Waals surface area contributed by atoms with Gasteiger partial charge in [0.1, 0.15) is 5.75 Å². The minimum atomic E-state index is -0.305. The predicted molar refractivity (Wildman–Crippen MR) is 86.1 cm³/mol. The first-order valence-corrected chi connectivity index (χ1v) is 7.83. The van der Waals surface area contributed by atoms with Crippen molar-refractivity contribution in [1.29, 1.82) is 0 Å². The van der Waals surface area contributed by atoms with Crippen LogP contribution >= 0.6 is 0 Å². The minimum Gasteiger partial charge on any atom is -0.493 e. The molecule has 1 aliphatic rings. The van der Waals surface area contributed by atoms with Crippen LogP contribution in [0.2, 0.25) is 0 Å². The molecule has 0 radical (unpaired) electrons. The number of aryl methyl sites for hydroxylation is 1. The maximum atomic E-state index is 5.99. The number of hydrogen-bond donors (Lipinski definition) is 0. The van der Waals surface area contributed by atoms with Gasteiger partial charge in [-0.05, 0) is 31.0 Å². The lowest BCUT2D eigenvalue weighted by Crippen LogP contribution is -2.19. The minimum absolute atomic E-state index is 0.305. The highest BCUT2D eigenvalue weighted by Crippen LogP contribution is 2.31. The molecular weight excluding hydrogens is 276 g/mol. The molecule has 2 aromatic carbocycles. The third-order valence-corrected chi connectivity index (χ3v) is 3.74. The van der Waals surface area contributed by atoms with Crippen LogP contribution in [-0.2, 0) is 15.9 Å². The van der Waals surface area contributed by atoms with Crippen molar-refractivity contribution in [2.24, 2.45) is 0 Å². The van der Waals surface area contributed by atoms with E-state index in [1.165, 1.54) is 11.1 Å². The molecule has 3 heteroatoms. The van der Waals surface area contributed by atoms with Crippen molar-refractivity contribution in [3.05, 3.63) is 65.2 Å². The number of rotatable bonds is 5. The number of hydrogen-bond acceptors (Lipinski definition) is 3. The molecule has 0 N–H and O–H groups in total. The average Bonchev–Trinajstić information content (AvgIpc) is 2.58. The Hall–Kier alpha value is -1.84. The lowest BCUT2D eigenvalue weighted by molar-refractivity contribution is -0.183. The predicted octanol–water partition coefficient (Wildman–Crippen LogP) is 4.05. The summed E-state index contributed by atoms with van der Waals surface area (Å²) in [7, 11) is 0. The van der Waals surface area contributed by atoms with Crippen molar-refractivity contribution < 1.29 is 14.2 Å². The summed E-state index contributed by atoms with van der Waals surface area (Å²) in [6.45, 7) is 4.19. The Morgan fingerprint density at radius 3 is 2.59 bits per heavy atom. The number of benzene rings is 2. The third kappa shape index (κ3) is 3.87. The molecule has 0 saturated carbocycles. The van der Waals surface area contributed by atoms with Gasteiger partial charge >= 0.3 is 0 Å². The van der Waals surface area contributed by atoms with Crippen LogP contribution in [0.25, 0.3) is 0 Å². The summed E-state index contributed by atoms with van der Waals surface area (Å²) in [6.07, 6.45) is 1.54. The molecule has 0 unspecified atom stereocenters. The summed E-state index contributed by atoms with van der Waals surface area (Å²) in [5.41, 5.74) is 3.46. The fraction of sp³-hybridized carbons (Fsp3) is 0.368. The highest BCUT2D eigenvalue weighted by molar-refractivity contribution is 5.38. The summed E-state index contributed by atoms with van der Waals surface area (Å²) in [4.78, 5) is 0. The van der Waals surface area contributed by atoms with Crippen LogP contribution in [0.3, 0.4) is 0 Å². The van der Waals surface area contributed by atoms with Gasteiger partial charge in [-0.2, -0.15) is 0 Å². The molecule has 3 rings (SSSR count). The Kier molecular flexibility index (Phi) is 5.09. The fourth-order valence-electron chi connectivity index (χ4n) is 2.57. The molecule has 1 fully saturated rings. The summed E-state index contributed by atoms with van der Waals surface area (Å²) in [5.74, 6) is 0.855. The van der Waals surface area contributed by atoms with Crippen molar-refractivity contribution in [2.45, 2.75) is 26.1 Å². The average molecular weight is 298 g/mol. The normalized spacial score (nSPS) is 15.7. The van der Waals surface area contributed by atoms with Gasteiger partial charge in [0, 0.05) is 12.0 Å². The summed E-state index contributed by atoms with van der Waals surface area (Å²) < 4.78 is 17.4. The molecular formula is C19H22O3. The quantitative estimate of drug-likeness (QED) is 0.833. The second-order valence-electron chi connectivity index (χ2n) is 5.55. The lowest BCUT2D eigenvalue weighted by Gasteiger charge is -2.25. The second kappa shape index (κ2) is 7.43. The van der Waals surface area contributed by atoms with Crippen LogP contribution in [0.15, 0.2) is 48.5 Å². The van der Waals surface area contributed by atoms with Crippen molar-refractivity contribution in [3.8, 4) is 5.75 Å². The first kappa shape index (κ1) is 15.1. The molecule has 0 atom stereocenters. The molecule has 0 bridgehead atoms. The Balaban J connectivity index is 1.67. The monoisotopic (exact) mass is 298 g/mol. The Labute approximate surface area is 131 Å². The van der Waals surface area contributed by atoms with E-state index in [-0.39, 0.29) is 6.29 Å². The Bertz CT molecular complexity index is 589. The Morgan fingerprint density at radius 2 is 1.82 bits per heavy atom. The van der Waals surface area contributed by atoms with E-state index in [0.29, 0.717) is 6.61 Å². The summed E-state index contributed by atoms with van der Waals surface area (Å²) in [6, 6.07) is 16.5. The van der Waals surface area contributed by atoms with E-state index in [9.17, 15) is 0 Å². The van der Waals surface area contributed by atoms with Crippen molar-refractivity contribution >= 4 is 0 Å². The van der Waals surface area contributed by atoms with E-state index in [1.807, 2.05) is 12.1 Å². The van der Waals surface area contributed by atoms with Crippen molar-refractivity contribution in [1.82, 2.24) is 0 Å². The Morgan fingerprint density at radius 1 is 1.05 bits per heavy atom. The largest absolute Gasteiger partial charge is 0.493 e. The van der Waals surface area contributed by atoms with Gasteiger partial charge in [-0.3, -0.25) is 0 Å². The van der Waals surface area contributed by atoms with E-state index >= 15 is 0 Å². The van der Waals surface area contributed by atoms with Gasteiger partial charge in [0.05, 0.1) is 19.8 Å². The maximum absolute atomic E-state index is 5.99. The highest BCUT2D eigenvalue weighted by atomic mass is 16.7. The van der Waals surface area contributed by atoms with Gasteiger partial charge in [-0.1, -0.05) is 42.0 Å². The highest BCUT2D eigenvalue weighted by Gasteiger charge is 2.20. The van der Waals surface area contributed by atoms with Gasteiger partial charge in [0.2, 0.25) is 0 Å². The van der Waals surface area contributed by atoms with Crippen molar-refractivity contribution in [2.75, 3.05) is 19.8 Å². The molecule has 0 amide bonds. The van der Waals surface area contributed by atoms with Gasteiger partial charge < -0.3 is 14.2 Å². The van der Waals surface area contributed by atoms with Crippen LogP contribution in [0.5, 0.6) is 5.75 Å². The zero-order chi connectivity index (χ0) is 15.2. The smallest absolute Gasteiger partial charge is 0.187 e. The maximum Gasteiger partial charge on any atom is 0.187 e. The first-order chi connectivity index (χ1) is 10.8. The third-order valence-electron chi connectivity index (χ3n) is 3.74. The molecule has 116 valence electrons.